The van der Waals surface area contributed by atoms with E-state index < -0.39 is 30.8 Å². The zero-order chi connectivity index (χ0) is 16.3. The van der Waals surface area contributed by atoms with Gasteiger partial charge in [0.25, 0.3) is 11.8 Å². The van der Waals surface area contributed by atoms with Crippen LogP contribution in [-0.4, -0.2) is 66.1 Å². The standard InChI is InChI=1S/C14H16ClF3N2O2/c15-12-2-1-10(16)7-11(12)13(22)20-5-3-19(4-6-20)8-14(17,18)9-21/h1-2,7,21H,3-6,8-9H2. The highest BCUT2D eigenvalue weighted by molar-refractivity contribution is 6.33. The SMILES string of the molecule is O=C(c1cc(F)ccc1Cl)N1CCN(CC(F)(F)CO)CC1. The van der Waals surface area contributed by atoms with E-state index in [1.165, 1.54) is 15.9 Å². The number of carbonyl (C=O) groups is 1. The fourth-order valence-electron chi connectivity index (χ4n) is 2.32. The molecule has 4 nitrogen and oxygen atoms in total. The van der Waals surface area contributed by atoms with Gasteiger partial charge < -0.3 is 10.0 Å². The highest BCUT2D eigenvalue weighted by Gasteiger charge is 2.33. The molecule has 1 aromatic rings. The van der Waals surface area contributed by atoms with Crippen molar-refractivity contribution in [3.05, 3.63) is 34.6 Å². The second-order valence-electron chi connectivity index (χ2n) is 5.21. The maximum absolute atomic E-state index is 13.2. The van der Waals surface area contributed by atoms with Gasteiger partial charge in [0, 0.05) is 26.2 Å². The molecule has 2 rings (SSSR count). The Morgan fingerprint density at radius 2 is 1.91 bits per heavy atom. The number of halogens is 4. The van der Waals surface area contributed by atoms with E-state index in [-0.39, 0.29) is 36.8 Å². The monoisotopic (exact) mass is 336 g/mol. The molecule has 1 saturated heterocycles. The molecule has 0 radical (unpaired) electrons. The van der Waals surface area contributed by atoms with Crippen molar-refractivity contribution >= 4 is 17.5 Å². The lowest BCUT2D eigenvalue weighted by Gasteiger charge is -2.36. The summed E-state index contributed by atoms with van der Waals surface area (Å²) in [7, 11) is 0. The summed E-state index contributed by atoms with van der Waals surface area (Å²) in [5, 5.41) is 8.73. The fraction of sp³-hybridized carbons (Fsp3) is 0.500. The van der Waals surface area contributed by atoms with E-state index in [4.69, 9.17) is 16.7 Å². The largest absolute Gasteiger partial charge is 0.390 e. The summed E-state index contributed by atoms with van der Waals surface area (Å²) >= 11 is 5.89. The van der Waals surface area contributed by atoms with Crippen molar-refractivity contribution in [3.8, 4) is 0 Å². The molecule has 1 amide bonds. The second-order valence-corrected chi connectivity index (χ2v) is 5.61. The van der Waals surface area contributed by atoms with Gasteiger partial charge in [0.05, 0.1) is 17.1 Å². The van der Waals surface area contributed by atoms with E-state index >= 15 is 0 Å². The Kier molecular flexibility index (Phi) is 5.31. The van der Waals surface area contributed by atoms with Crippen LogP contribution < -0.4 is 0 Å². The minimum atomic E-state index is -3.15. The molecule has 0 spiro atoms. The number of rotatable bonds is 4. The van der Waals surface area contributed by atoms with Gasteiger partial charge >= 0.3 is 0 Å². The average molecular weight is 337 g/mol. The molecule has 0 aromatic heterocycles. The normalized spacial score (nSPS) is 16.9. The van der Waals surface area contributed by atoms with Crippen LogP contribution in [0.25, 0.3) is 0 Å². The van der Waals surface area contributed by atoms with E-state index in [1.807, 2.05) is 0 Å². The second kappa shape index (κ2) is 6.85. The molecule has 1 aliphatic rings. The minimum Gasteiger partial charge on any atom is -0.390 e. The summed E-state index contributed by atoms with van der Waals surface area (Å²) < 4.78 is 39.5. The summed E-state index contributed by atoms with van der Waals surface area (Å²) in [4.78, 5) is 15.2. The maximum atomic E-state index is 13.2. The number of aliphatic hydroxyl groups is 1. The van der Waals surface area contributed by atoms with Crippen LogP contribution in [0.1, 0.15) is 10.4 Å². The number of hydrogen-bond acceptors (Lipinski definition) is 3. The first-order chi connectivity index (χ1) is 10.3. The predicted molar refractivity (Wildman–Crippen MR) is 75.8 cm³/mol. The van der Waals surface area contributed by atoms with Gasteiger partial charge in [-0.25, -0.2) is 13.2 Å². The number of aliphatic hydroxyl groups excluding tert-OH is 1. The molecule has 8 heteroatoms. The van der Waals surface area contributed by atoms with Gasteiger partial charge in [-0.2, -0.15) is 0 Å². The van der Waals surface area contributed by atoms with E-state index in [1.54, 1.807) is 0 Å². The van der Waals surface area contributed by atoms with Crippen LogP contribution in [0.3, 0.4) is 0 Å². The number of carbonyl (C=O) groups excluding carboxylic acids is 1. The van der Waals surface area contributed by atoms with Crippen LogP contribution in [0.4, 0.5) is 13.2 Å². The van der Waals surface area contributed by atoms with Crippen LogP contribution in [0, 0.1) is 5.82 Å². The Labute approximate surface area is 131 Å². The highest BCUT2D eigenvalue weighted by Crippen LogP contribution is 2.21. The molecule has 0 unspecified atom stereocenters. The van der Waals surface area contributed by atoms with E-state index in [2.05, 4.69) is 0 Å². The van der Waals surface area contributed by atoms with Gasteiger partial charge in [0.1, 0.15) is 12.4 Å². The van der Waals surface area contributed by atoms with Crippen molar-refractivity contribution < 1.29 is 23.1 Å². The van der Waals surface area contributed by atoms with E-state index in [0.29, 0.717) is 0 Å². The zero-order valence-electron chi connectivity index (χ0n) is 11.7. The average Bonchev–Trinajstić information content (AvgIpc) is 2.49. The van der Waals surface area contributed by atoms with Crippen molar-refractivity contribution in [3.63, 3.8) is 0 Å². The van der Waals surface area contributed by atoms with Crippen LogP contribution in [0.5, 0.6) is 0 Å². The smallest absolute Gasteiger partial charge is 0.283 e. The summed E-state index contributed by atoms with van der Waals surface area (Å²) in [5.74, 6) is -4.13. The third-order valence-corrected chi connectivity index (χ3v) is 3.83. The fourth-order valence-corrected chi connectivity index (χ4v) is 2.52. The molecule has 1 fully saturated rings. The Morgan fingerprint density at radius 3 is 2.50 bits per heavy atom. The van der Waals surface area contributed by atoms with Crippen molar-refractivity contribution in [2.75, 3.05) is 39.3 Å². The van der Waals surface area contributed by atoms with Gasteiger partial charge in [-0.1, -0.05) is 11.6 Å². The summed E-state index contributed by atoms with van der Waals surface area (Å²) in [6.07, 6.45) is 0. The van der Waals surface area contributed by atoms with Crippen LogP contribution in [-0.2, 0) is 0 Å². The third kappa shape index (κ3) is 4.12. The summed E-state index contributed by atoms with van der Waals surface area (Å²) in [5.41, 5.74) is 0.0656. The molecule has 22 heavy (non-hydrogen) atoms. The third-order valence-electron chi connectivity index (χ3n) is 3.50. The molecule has 1 aliphatic heterocycles. The number of alkyl halides is 2. The Bertz CT molecular complexity index is 549. The number of amides is 1. The first kappa shape index (κ1) is 17.1. The first-order valence-corrected chi connectivity index (χ1v) is 7.15. The van der Waals surface area contributed by atoms with Crippen molar-refractivity contribution in [1.82, 2.24) is 9.80 Å². The van der Waals surface area contributed by atoms with Gasteiger partial charge in [-0.05, 0) is 18.2 Å². The summed E-state index contributed by atoms with van der Waals surface area (Å²) in [6, 6.07) is 3.53. The molecule has 1 aromatic carbocycles. The van der Waals surface area contributed by atoms with Crippen LogP contribution in [0.2, 0.25) is 5.02 Å². The lowest BCUT2D eigenvalue weighted by molar-refractivity contribution is -0.0773. The van der Waals surface area contributed by atoms with Gasteiger partial charge in [-0.3, -0.25) is 9.69 Å². The number of hydrogen-bond donors (Lipinski definition) is 1. The molecule has 0 aliphatic carbocycles. The van der Waals surface area contributed by atoms with Gasteiger partial charge in [-0.15, -0.1) is 0 Å². The van der Waals surface area contributed by atoms with Gasteiger partial charge in [0.2, 0.25) is 0 Å². The van der Waals surface area contributed by atoms with Crippen molar-refractivity contribution in [2.24, 2.45) is 0 Å². The van der Waals surface area contributed by atoms with E-state index in [9.17, 15) is 18.0 Å². The van der Waals surface area contributed by atoms with Crippen LogP contribution >= 0.6 is 11.6 Å². The first-order valence-electron chi connectivity index (χ1n) is 6.78. The molecule has 1 N–H and O–H groups in total. The molecule has 0 atom stereocenters. The Hall–Kier alpha value is -1.31. The minimum absolute atomic E-state index is 0.0656. The molecule has 0 saturated carbocycles. The lowest BCUT2D eigenvalue weighted by Crippen LogP contribution is -2.52. The zero-order valence-corrected chi connectivity index (χ0v) is 12.5. The topological polar surface area (TPSA) is 43.8 Å². The van der Waals surface area contributed by atoms with Gasteiger partial charge in [0.15, 0.2) is 0 Å². The number of piperazine rings is 1. The quantitative estimate of drug-likeness (QED) is 0.913. The summed E-state index contributed by atoms with van der Waals surface area (Å²) in [6.45, 7) is -0.750. The Balaban J connectivity index is 1.97. The van der Waals surface area contributed by atoms with Crippen molar-refractivity contribution in [2.45, 2.75) is 5.92 Å². The molecular weight excluding hydrogens is 321 g/mol. The van der Waals surface area contributed by atoms with Crippen LogP contribution in [0.15, 0.2) is 18.2 Å². The molecule has 0 bridgehead atoms. The lowest BCUT2D eigenvalue weighted by atomic mass is 10.1. The number of nitrogens with zero attached hydrogens (tertiary/aromatic N) is 2. The van der Waals surface area contributed by atoms with E-state index in [0.717, 1.165) is 12.1 Å². The van der Waals surface area contributed by atoms with Crippen molar-refractivity contribution in [1.29, 1.82) is 0 Å². The molecule has 1 heterocycles. The Morgan fingerprint density at radius 1 is 1.27 bits per heavy atom. The number of benzene rings is 1. The molecular formula is C14H16ClF3N2O2. The maximum Gasteiger partial charge on any atom is 0.283 e. The molecule has 122 valence electrons. The predicted octanol–water partition coefficient (Wildman–Crippen LogP) is 1.86. The highest BCUT2D eigenvalue weighted by atomic mass is 35.5.